The van der Waals surface area contributed by atoms with Gasteiger partial charge in [0.2, 0.25) is 5.13 Å². The fraction of sp³-hybridized carbons (Fsp3) is 0.273. The molecule has 0 aliphatic heterocycles. The van der Waals surface area contributed by atoms with Gasteiger partial charge in [-0.2, -0.15) is 0 Å². The Kier molecular flexibility index (Phi) is 3.05. The van der Waals surface area contributed by atoms with Crippen molar-refractivity contribution < 1.29 is 4.74 Å². The van der Waals surface area contributed by atoms with Crippen LogP contribution in [0.5, 0.6) is 5.75 Å². The highest BCUT2D eigenvalue weighted by atomic mass is 32.1. The Labute approximate surface area is 98.1 Å². The predicted octanol–water partition coefficient (Wildman–Crippen LogP) is 2.36. The van der Waals surface area contributed by atoms with E-state index in [4.69, 9.17) is 10.5 Å². The van der Waals surface area contributed by atoms with Gasteiger partial charge in [-0.05, 0) is 18.1 Å². The van der Waals surface area contributed by atoms with E-state index in [1.165, 1.54) is 11.3 Å². The molecule has 0 aliphatic rings. The van der Waals surface area contributed by atoms with E-state index in [0.717, 1.165) is 28.3 Å². The third kappa shape index (κ3) is 1.86. The minimum atomic E-state index is 0.471. The lowest BCUT2D eigenvalue weighted by Gasteiger charge is -2.09. The van der Waals surface area contributed by atoms with Crippen LogP contribution in [0.3, 0.4) is 0 Å². The van der Waals surface area contributed by atoms with Gasteiger partial charge in [-0.3, -0.25) is 0 Å². The van der Waals surface area contributed by atoms with E-state index in [2.05, 4.69) is 17.1 Å². The molecule has 0 saturated carbocycles. The Morgan fingerprint density at radius 2 is 2.19 bits per heavy atom. The van der Waals surface area contributed by atoms with Crippen LogP contribution in [0.1, 0.15) is 12.5 Å². The van der Waals surface area contributed by atoms with Crippen molar-refractivity contribution in [2.45, 2.75) is 13.3 Å². The molecule has 5 heteroatoms. The fourth-order valence-electron chi connectivity index (χ4n) is 1.62. The second-order valence-electron chi connectivity index (χ2n) is 3.30. The van der Waals surface area contributed by atoms with Crippen molar-refractivity contribution in [2.75, 3.05) is 12.8 Å². The Morgan fingerprint density at radius 3 is 2.75 bits per heavy atom. The van der Waals surface area contributed by atoms with Gasteiger partial charge in [-0.1, -0.05) is 30.4 Å². The van der Waals surface area contributed by atoms with Crippen LogP contribution >= 0.6 is 11.3 Å². The largest absolute Gasteiger partial charge is 0.496 e. The summed E-state index contributed by atoms with van der Waals surface area (Å²) < 4.78 is 5.43. The molecule has 84 valence electrons. The van der Waals surface area contributed by atoms with Crippen LogP contribution in [0.25, 0.3) is 10.6 Å². The molecule has 0 spiro atoms. The predicted molar refractivity (Wildman–Crippen MR) is 65.7 cm³/mol. The van der Waals surface area contributed by atoms with Crippen molar-refractivity contribution in [3.05, 3.63) is 23.8 Å². The molecule has 0 unspecified atom stereocenters. The number of hydrogen-bond acceptors (Lipinski definition) is 5. The van der Waals surface area contributed by atoms with Crippen molar-refractivity contribution in [1.82, 2.24) is 10.2 Å². The summed E-state index contributed by atoms with van der Waals surface area (Å²) in [7, 11) is 1.67. The number of nitrogens with two attached hydrogens (primary N) is 1. The lowest BCUT2D eigenvalue weighted by atomic mass is 10.1. The average Bonchev–Trinajstić information content (AvgIpc) is 2.74. The zero-order chi connectivity index (χ0) is 11.5. The molecule has 0 amide bonds. The summed E-state index contributed by atoms with van der Waals surface area (Å²) in [4.78, 5) is 0. The molecule has 0 atom stereocenters. The molecule has 0 saturated heterocycles. The van der Waals surface area contributed by atoms with Gasteiger partial charge < -0.3 is 10.5 Å². The summed E-state index contributed by atoms with van der Waals surface area (Å²) in [5, 5.41) is 9.12. The average molecular weight is 235 g/mol. The maximum atomic E-state index is 5.58. The molecule has 1 aromatic heterocycles. The number of rotatable bonds is 3. The standard InChI is InChI=1S/C11H13N3OS/c1-3-7-5-4-6-8(9(7)15-2)10-13-14-11(12)16-10/h4-6H,3H2,1-2H3,(H2,12,14). The number of benzene rings is 1. The fourth-order valence-corrected chi connectivity index (χ4v) is 2.25. The molecular weight excluding hydrogens is 222 g/mol. The van der Waals surface area contributed by atoms with Crippen LogP contribution in [0, 0.1) is 0 Å². The lowest BCUT2D eigenvalue weighted by molar-refractivity contribution is 0.412. The van der Waals surface area contributed by atoms with Crippen molar-refractivity contribution in [1.29, 1.82) is 0 Å². The van der Waals surface area contributed by atoms with Crippen LogP contribution in [0.4, 0.5) is 5.13 Å². The quantitative estimate of drug-likeness (QED) is 0.887. The molecular formula is C11H13N3OS. The zero-order valence-electron chi connectivity index (χ0n) is 9.23. The summed E-state index contributed by atoms with van der Waals surface area (Å²) in [5.41, 5.74) is 7.70. The highest BCUT2D eigenvalue weighted by Crippen LogP contribution is 2.35. The van der Waals surface area contributed by atoms with Gasteiger partial charge in [0, 0.05) is 0 Å². The number of aryl methyl sites for hydroxylation is 1. The normalized spacial score (nSPS) is 10.4. The molecule has 1 heterocycles. The number of hydrogen-bond donors (Lipinski definition) is 1. The van der Waals surface area contributed by atoms with Gasteiger partial charge in [0.25, 0.3) is 0 Å². The number of ether oxygens (including phenoxy) is 1. The maximum absolute atomic E-state index is 5.58. The number of para-hydroxylation sites is 1. The first kappa shape index (κ1) is 10.9. The molecule has 0 bridgehead atoms. The molecule has 1 aromatic carbocycles. The molecule has 4 nitrogen and oxygen atoms in total. The Hall–Kier alpha value is -1.62. The first-order chi connectivity index (χ1) is 7.76. The van der Waals surface area contributed by atoms with Gasteiger partial charge >= 0.3 is 0 Å². The van der Waals surface area contributed by atoms with Crippen LogP contribution in [0.15, 0.2) is 18.2 Å². The van der Waals surface area contributed by atoms with E-state index in [9.17, 15) is 0 Å². The van der Waals surface area contributed by atoms with Gasteiger partial charge in [-0.15, -0.1) is 10.2 Å². The Bertz CT molecular complexity index is 496. The van der Waals surface area contributed by atoms with E-state index < -0.39 is 0 Å². The van der Waals surface area contributed by atoms with Gasteiger partial charge in [0.15, 0.2) is 5.01 Å². The van der Waals surface area contributed by atoms with E-state index in [0.29, 0.717) is 5.13 Å². The first-order valence-electron chi connectivity index (χ1n) is 5.01. The summed E-state index contributed by atoms with van der Waals surface area (Å²) in [5.74, 6) is 0.862. The molecule has 2 rings (SSSR count). The van der Waals surface area contributed by atoms with Gasteiger partial charge in [0.05, 0.1) is 12.7 Å². The van der Waals surface area contributed by atoms with Crippen molar-refractivity contribution in [3.63, 3.8) is 0 Å². The Morgan fingerprint density at radius 1 is 1.38 bits per heavy atom. The first-order valence-corrected chi connectivity index (χ1v) is 5.83. The van der Waals surface area contributed by atoms with E-state index in [1.807, 2.05) is 18.2 Å². The highest BCUT2D eigenvalue weighted by Gasteiger charge is 2.13. The van der Waals surface area contributed by atoms with E-state index >= 15 is 0 Å². The molecule has 2 N–H and O–H groups in total. The summed E-state index contributed by atoms with van der Waals surface area (Å²) in [6, 6.07) is 6.01. The lowest BCUT2D eigenvalue weighted by Crippen LogP contribution is -1.93. The third-order valence-corrected chi connectivity index (χ3v) is 3.14. The number of methoxy groups -OCH3 is 1. The smallest absolute Gasteiger partial charge is 0.203 e. The summed E-state index contributed by atoms with van der Waals surface area (Å²) in [6.45, 7) is 2.09. The summed E-state index contributed by atoms with van der Waals surface area (Å²) in [6.07, 6.45) is 0.922. The molecule has 0 radical (unpaired) electrons. The SMILES string of the molecule is CCc1cccc(-c2nnc(N)s2)c1OC. The second-order valence-corrected chi connectivity index (χ2v) is 4.31. The number of aromatic nitrogens is 2. The second kappa shape index (κ2) is 4.49. The van der Waals surface area contributed by atoms with Crippen LogP contribution in [-0.2, 0) is 6.42 Å². The minimum absolute atomic E-state index is 0.471. The van der Waals surface area contributed by atoms with E-state index in [-0.39, 0.29) is 0 Å². The maximum Gasteiger partial charge on any atom is 0.203 e. The van der Waals surface area contributed by atoms with Crippen molar-refractivity contribution in [2.24, 2.45) is 0 Å². The van der Waals surface area contributed by atoms with Crippen molar-refractivity contribution >= 4 is 16.5 Å². The minimum Gasteiger partial charge on any atom is -0.496 e. The van der Waals surface area contributed by atoms with Gasteiger partial charge in [-0.25, -0.2) is 0 Å². The van der Waals surface area contributed by atoms with Crippen LogP contribution in [0.2, 0.25) is 0 Å². The third-order valence-electron chi connectivity index (χ3n) is 2.35. The molecule has 2 aromatic rings. The molecule has 0 aliphatic carbocycles. The van der Waals surface area contributed by atoms with Gasteiger partial charge in [0.1, 0.15) is 5.75 Å². The zero-order valence-corrected chi connectivity index (χ0v) is 10.0. The Balaban J connectivity index is 2.56. The van der Waals surface area contributed by atoms with Crippen LogP contribution < -0.4 is 10.5 Å². The molecule has 16 heavy (non-hydrogen) atoms. The number of nitrogens with zero attached hydrogens (tertiary/aromatic N) is 2. The highest BCUT2D eigenvalue weighted by molar-refractivity contribution is 7.18. The molecule has 0 fully saturated rings. The van der Waals surface area contributed by atoms with E-state index in [1.54, 1.807) is 7.11 Å². The van der Waals surface area contributed by atoms with Crippen molar-refractivity contribution in [3.8, 4) is 16.3 Å². The topological polar surface area (TPSA) is 61.0 Å². The number of anilines is 1. The van der Waals surface area contributed by atoms with Crippen LogP contribution in [-0.4, -0.2) is 17.3 Å². The monoisotopic (exact) mass is 235 g/mol. The number of nitrogen functional groups attached to an aromatic ring is 1. The summed E-state index contributed by atoms with van der Waals surface area (Å²) >= 11 is 1.37.